The first-order chi connectivity index (χ1) is 24.7. The lowest BCUT2D eigenvalue weighted by Crippen LogP contribution is -1.96. The Morgan fingerprint density at radius 2 is 1.21 bits per heavy atom. The van der Waals surface area contributed by atoms with Gasteiger partial charge in [-0.1, -0.05) is 121 Å². The van der Waals surface area contributed by atoms with E-state index in [1.165, 1.54) is 0 Å². The van der Waals surface area contributed by atoms with Crippen LogP contribution < -0.4 is 0 Å². The highest BCUT2D eigenvalue weighted by Crippen LogP contribution is 2.43. The van der Waals surface area contributed by atoms with Crippen LogP contribution in [0.1, 0.15) is 30.3 Å². The topological polar surface area (TPSA) is 13.1 Å². The maximum absolute atomic E-state index is 9.25. The number of hydrogen-bond donors (Lipinski definition) is 0. The molecule has 0 amide bonds. The van der Waals surface area contributed by atoms with E-state index >= 15 is 0 Å². The molecule has 0 spiro atoms. The third-order valence-electron chi connectivity index (χ3n) is 6.97. The Hall–Kier alpha value is -4.88. The molecule has 0 radical (unpaired) electrons. The van der Waals surface area contributed by atoms with Crippen LogP contribution in [-0.2, 0) is 6.42 Å². The molecule has 38 heavy (non-hydrogen) atoms. The molecule has 178 valence electrons. The maximum Gasteiger partial charge on any atom is 0.135 e. The van der Waals surface area contributed by atoms with E-state index in [9.17, 15) is 5.48 Å². The average Bonchev–Trinajstić information content (AvgIpc) is 3.52. The minimum atomic E-state index is -0.668. The van der Waals surface area contributed by atoms with E-state index in [0.717, 1.165) is 11.5 Å². The van der Waals surface area contributed by atoms with E-state index in [-0.39, 0.29) is 55.4 Å². The van der Waals surface area contributed by atoms with Gasteiger partial charge in [0.05, 0.1) is 19.2 Å². The Morgan fingerprint density at radius 1 is 0.526 bits per heavy atom. The largest absolute Gasteiger partial charge is 0.456 e. The number of fused-ring (bicyclic) bond motifs is 6. The van der Waals surface area contributed by atoms with Crippen molar-refractivity contribution >= 4 is 54.3 Å². The first-order valence-electron chi connectivity index (χ1n) is 19.0. The number of rotatable bonds is 3. The van der Waals surface area contributed by atoms with Crippen molar-refractivity contribution in [3.63, 3.8) is 0 Å². The fraction of sp³-hybridized carbons (Fsp3) is 0.0270. The Bertz CT molecular complexity index is 2840. The minimum Gasteiger partial charge on any atom is -0.456 e. The van der Waals surface area contributed by atoms with Crippen LogP contribution in [0, 0.1) is 0 Å². The van der Waals surface area contributed by atoms with Gasteiger partial charge in [-0.05, 0) is 73.1 Å². The highest BCUT2D eigenvalue weighted by molar-refractivity contribution is 6.19. The molecule has 8 rings (SSSR count). The summed E-state index contributed by atoms with van der Waals surface area (Å²) in [5, 5.41) is 0.594. The van der Waals surface area contributed by atoms with Gasteiger partial charge in [0.2, 0.25) is 0 Å². The monoisotopic (exact) mass is 498 g/mol. The predicted octanol–water partition coefficient (Wildman–Crippen LogP) is 10.3. The van der Waals surface area contributed by atoms with Crippen LogP contribution in [0.25, 0.3) is 65.4 Å². The van der Waals surface area contributed by atoms with E-state index in [2.05, 4.69) is 0 Å². The fourth-order valence-electron chi connectivity index (χ4n) is 5.38. The summed E-state index contributed by atoms with van der Waals surface area (Å²) in [4.78, 5) is 0. The summed E-state index contributed by atoms with van der Waals surface area (Å²) in [5.41, 5.74) is 1.49. The van der Waals surface area contributed by atoms with Crippen molar-refractivity contribution in [2.75, 3.05) is 0 Å². The molecule has 0 atom stereocenters. The second-order valence-electron chi connectivity index (χ2n) is 9.00. The van der Waals surface area contributed by atoms with Gasteiger partial charge in [0.25, 0.3) is 0 Å². The van der Waals surface area contributed by atoms with Gasteiger partial charge in [0, 0.05) is 10.8 Å². The van der Waals surface area contributed by atoms with Crippen LogP contribution in [0.5, 0.6) is 0 Å². The third kappa shape index (κ3) is 3.12. The van der Waals surface area contributed by atoms with E-state index in [0.29, 0.717) is 22.1 Å². The van der Waals surface area contributed by atoms with Gasteiger partial charge in [-0.25, -0.2) is 0 Å². The summed E-state index contributed by atoms with van der Waals surface area (Å²) in [6, 6.07) is 5.86. The maximum atomic E-state index is 9.25. The Morgan fingerprint density at radius 3 is 2.03 bits per heavy atom. The molecule has 1 aromatic heterocycles. The zero-order valence-corrected chi connectivity index (χ0v) is 19.7. The second-order valence-corrected chi connectivity index (χ2v) is 9.00. The van der Waals surface area contributed by atoms with Crippen LogP contribution in [0.15, 0.2) is 138 Å². The summed E-state index contributed by atoms with van der Waals surface area (Å²) < 4.78 is 130. The summed E-state index contributed by atoms with van der Waals surface area (Å²) in [6.45, 7) is 0. The van der Waals surface area contributed by atoms with Crippen molar-refractivity contribution in [1.29, 1.82) is 0 Å². The van der Waals surface area contributed by atoms with Crippen LogP contribution in [-0.4, -0.2) is 0 Å². The van der Waals surface area contributed by atoms with E-state index in [4.69, 9.17) is 18.1 Å². The van der Waals surface area contributed by atoms with Crippen molar-refractivity contribution in [1.82, 2.24) is 0 Å². The van der Waals surface area contributed by atoms with Crippen LogP contribution in [0.4, 0.5) is 0 Å². The molecule has 7 aromatic carbocycles. The molecule has 1 heterocycles. The molecule has 0 saturated heterocycles. The normalized spacial score (nSPS) is 16.9. The molecule has 0 aliphatic rings. The van der Waals surface area contributed by atoms with Crippen molar-refractivity contribution in [2.24, 2.45) is 0 Å². The zero-order valence-electron chi connectivity index (χ0n) is 33.7. The molecule has 0 aliphatic heterocycles. The highest BCUT2D eigenvalue weighted by Gasteiger charge is 2.18. The average molecular weight is 499 g/mol. The third-order valence-corrected chi connectivity index (χ3v) is 6.97. The van der Waals surface area contributed by atoms with E-state index < -0.39 is 84.6 Å². The van der Waals surface area contributed by atoms with Gasteiger partial charge < -0.3 is 4.42 Å². The van der Waals surface area contributed by atoms with Gasteiger partial charge in [0.1, 0.15) is 11.2 Å². The standard InChI is InChI=1S/C37H24O/c1-2-14-26-24(11-1)12-9-20-29(26)37-30-17-5-3-15-27(30)33(28-16-4-6-18-31(28)37)23-25-13-10-22-35-36(25)32-19-7-8-21-34(32)38-35/h1-22H,23H2/i1D,2D,3D,4D,5D,6D,9D,11D,12D,15D,16D,17D,18D,20D. The molecule has 0 N–H and O–H groups in total. The number of hydrogen-bond acceptors (Lipinski definition) is 1. The Balaban J connectivity index is 1.68. The van der Waals surface area contributed by atoms with Crippen molar-refractivity contribution in [2.45, 2.75) is 6.42 Å². The zero-order chi connectivity index (χ0) is 37.2. The summed E-state index contributed by atoms with van der Waals surface area (Å²) in [7, 11) is 0. The summed E-state index contributed by atoms with van der Waals surface area (Å²) in [5.74, 6) is 0. The van der Waals surface area contributed by atoms with Crippen LogP contribution in [0.3, 0.4) is 0 Å². The van der Waals surface area contributed by atoms with E-state index in [1.807, 2.05) is 30.3 Å². The molecule has 0 aliphatic carbocycles. The smallest absolute Gasteiger partial charge is 0.135 e. The van der Waals surface area contributed by atoms with Crippen LogP contribution in [0.2, 0.25) is 0 Å². The molecular weight excluding hydrogens is 460 g/mol. The number of para-hydroxylation sites is 1. The first-order valence-corrected chi connectivity index (χ1v) is 12.0. The molecule has 1 heteroatoms. The molecule has 1 nitrogen and oxygen atoms in total. The highest BCUT2D eigenvalue weighted by atomic mass is 16.3. The van der Waals surface area contributed by atoms with Gasteiger partial charge >= 0.3 is 0 Å². The molecule has 0 unspecified atom stereocenters. The van der Waals surface area contributed by atoms with Crippen molar-refractivity contribution in [3.05, 3.63) is 144 Å². The van der Waals surface area contributed by atoms with Crippen molar-refractivity contribution < 1.29 is 23.6 Å². The molecule has 8 aromatic rings. The molecule has 0 saturated carbocycles. The molecule has 0 fully saturated rings. The van der Waals surface area contributed by atoms with Gasteiger partial charge in [0.15, 0.2) is 0 Å². The summed E-state index contributed by atoms with van der Waals surface area (Å²) >= 11 is 0. The van der Waals surface area contributed by atoms with Crippen LogP contribution >= 0.6 is 0 Å². The number of furan rings is 1. The van der Waals surface area contributed by atoms with Gasteiger partial charge in [-0.15, -0.1) is 0 Å². The minimum absolute atomic E-state index is 0.0713. The summed E-state index contributed by atoms with van der Waals surface area (Å²) in [6.07, 6.45) is -0.0713. The lowest BCUT2D eigenvalue weighted by molar-refractivity contribution is 0.668. The van der Waals surface area contributed by atoms with Gasteiger partial charge in [-0.3, -0.25) is 0 Å². The molecule has 0 bridgehead atoms. The van der Waals surface area contributed by atoms with E-state index in [1.54, 1.807) is 12.1 Å². The van der Waals surface area contributed by atoms with Crippen molar-refractivity contribution in [3.8, 4) is 11.1 Å². The Kier molecular flexibility index (Phi) is 2.56. The second kappa shape index (κ2) is 8.33. The Labute approximate surface area is 240 Å². The number of benzene rings is 7. The predicted molar refractivity (Wildman–Crippen MR) is 161 cm³/mol. The lowest BCUT2D eigenvalue weighted by Gasteiger charge is -2.19. The SMILES string of the molecule is [2H]c1cc2c(-c3c4c([2H])c([2H])c([2H])c([2H])c4c(Cc4cccc5oc6ccccc6c45)c4c([2H])c([2H])c([2H])c([2H])c34)c([2H])c([2H])c([2H])c2c([2H])c1[2H]. The molecular formula is C37H24O. The fourth-order valence-corrected chi connectivity index (χ4v) is 5.38. The first kappa shape index (κ1) is 11.7. The quantitative estimate of drug-likeness (QED) is 0.221. The lowest BCUT2D eigenvalue weighted by atomic mass is 9.84. The van der Waals surface area contributed by atoms with Gasteiger partial charge in [-0.2, -0.15) is 0 Å².